The number of oxazole rings is 1. The van der Waals surface area contributed by atoms with E-state index in [1.54, 1.807) is 0 Å². The summed E-state index contributed by atoms with van der Waals surface area (Å²) >= 11 is 1.47. The highest BCUT2D eigenvalue weighted by atomic mass is 32.2. The van der Waals surface area contributed by atoms with Crippen molar-refractivity contribution in [1.29, 1.82) is 0 Å². The topological polar surface area (TPSA) is 63.8 Å². The van der Waals surface area contributed by atoms with Crippen LogP contribution in [0.2, 0.25) is 0 Å². The van der Waals surface area contributed by atoms with Crippen molar-refractivity contribution >= 4 is 17.6 Å². The Balaban J connectivity index is 1.96. The minimum atomic E-state index is 0.523. The van der Waals surface area contributed by atoms with Gasteiger partial charge in [-0.15, -0.1) is 0 Å². The first-order chi connectivity index (χ1) is 9.58. The van der Waals surface area contributed by atoms with Gasteiger partial charge in [0.2, 0.25) is 0 Å². The SMILES string of the molecule is CNc1nc(C2CC2)nc(Sc2nc(C)c(C)o2)c1C. The third-order valence-corrected chi connectivity index (χ3v) is 4.43. The van der Waals surface area contributed by atoms with Crippen LogP contribution in [0, 0.1) is 20.8 Å². The van der Waals surface area contributed by atoms with Gasteiger partial charge in [0, 0.05) is 18.5 Å². The Morgan fingerprint density at radius 1 is 1.15 bits per heavy atom. The molecule has 0 unspecified atom stereocenters. The number of anilines is 1. The molecule has 0 radical (unpaired) electrons. The van der Waals surface area contributed by atoms with E-state index in [0.29, 0.717) is 11.1 Å². The third-order valence-electron chi connectivity index (χ3n) is 3.49. The Hall–Kier alpha value is -1.56. The number of rotatable bonds is 4. The molecule has 5 nitrogen and oxygen atoms in total. The van der Waals surface area contributed by atoms with Gasteiger partial charge in [0.1, 0.15) is 22.4 Å². The first-order valence-corrected chi connectivity index (χ1v) is 7.58. The predicted molar refractivity (Wildman–Crippen MR) is 78.4 cm³/mol. The zero-order chi connectivity index (χ0) is 14.3. The molecule has 2 aromatic heterocycles. The second-order valence-corrected chi connectivity index (χ2v) is 6.05. The molecule has 106 valence electrons. The monoisotopic (exact) mass is 290 g/mol. The van der Waals surface area contributed by atoms with Gasteiger partial charge < -0.3 is 9.73 Å². The summed E-state index contributed by atoms with van der Waals surface area (Å²) in [4.78, 5) is 13.7. The molecule has 0 atom stereocenters. The molecule has 2 aromatic rings. The quantitative estimate of drug-likeness (QED) is 0.870. The zero-order valence-corrected chi connectivity index (χ0v) is 13.0. The first kappa shape index (κ1) is 13.4. The van der Waals surface area contributed by atoms with Crippen LogP contribution >= 0.6 is 11.8 Å². The molecule has 0 saturated heterocycles. The number of nitrogens with zero attached hydrogens (tertiary/aromatic N) is 3. The summed E-state index contributed by atoms with van der Waals surface area (Å²) in [6.45, 7) is 5.89. The van der Waals surface area contributed by atoms with Crippen LogP contribution in [-0.2, 0) is 0 Å². The zero-order valence-electron chi connectivity index (χ0n) is 12.1. The summed E-state index contributed by atoms with van der Waals surface area (Å²) < 4.78 is 5.63. The molecule has 3 rings (SSSR count). The summed E-state index contributed by atoms with van der Waals surface area (Å²) in [7, 11) is 1.89. The number of nitrogens with one attached hydrogen (secondary N) is 1. The average molecular weight is 290 g/mol. The molecule has 6 heteroatoms. The van der Waals surface area contributed by atoms with Gasteiger partial charge in [0.15, 0.2) is 0 Å². The van der Waals surface area contributed by atoms with E-state index in [0.717, 1.165) is 33.7 Å². The largest absolute Gasteiger partial charge is 0.436 e. The van der Waals surface area contributed by atoms with Crippen LogP contribution in [0.4, 0.5) is 5.82 Å². The fraction of sp³-hybridized carbons (Fsp3) is 0.500. The lowest BCUT2D eigenvalue weighted by Gasteiger charge is -2.10. The summed E-state index contributed by atoms with van der Waals surface area (Å²) in [6.07, 6.45) is 2.38. The van der Waals surface area contributed by atoms with E-state index in [4.69, 9.17) is 4.42 Å². The molecule has 0 bridgehead atoms. The molecule has 1 saturated carbocycles. The van der Waals surface area contributed by atoms with Gasteiger partial charge in [-0.1, -0.05) is 0 Å². The standard InChI is InChI=1S/C14H18N4OS/c1-7-11(15-4)17-12(10-5-6-10)18-13(7)20-14-16-8(2)9(3)19-14/h10H,5-6H2,1-4H3,(H,15,17,18). The first-order valence-electron chi connectivity index (χ1n) is 6.76. The predicted octanol–water partition coefficient (Wildman–Crippen LogP) is 3.46. The highest BCUT2D eigenvalue weighted by Crippen LogP contribution is 2.40. The van der Waals surface area contributed by atoms with E-state index in [2.05, 4.69) is 20.3 Å². The van der Waals surface area contributed by atoms with Crippen LogP contribution in [0.1, 0.15) is 41.6 Å². The molecule has 2 heterocycles. The normalized spacial score (nSPS) is 14.6. The molecule has 0 amide bonds. The second-order valence-electron chi connectivity index (χ2n) is 5.11. The Bertz CT molecular complexity index is 629. The minimum absolute atomic E-state index is 0.523. The van der Waals surface area contributed by atoms with E-state index < -0.39 is 0 Å². The van der Waals surface area contributed by atoms with Crippen LogP contribution in [0.25, 0.3) is 0 Å². The fourth-order valence-corrected chi connectivity index (χ4v) is 2.85. The van der Waals surface area contributed by atoms with Gasteiger partial charge in [-0.05, 0) is 45.4 Å². The van der Waals surface area contributed by atoms with Crippen molar-refractivity contribution in [1.82, 2.24) is 15.0 Å². The van der Waals surface area contributed by atoms with Gasteiger partial charge in [-0.3, -0.25) is 0 Å². The maximum Gasteiger partial charge on any atom is 0.262 e. The molecular weight excluding hydrogens is 272 g/mol. The van der Waals surface area contributed by atoms with Crippen molar-refractivity contribution in [3.63, 3.8) is 0 Å². The van der Waals surface area contributed by atoms with Gasteiger partial charge in [-0.25, -0.2) is 15.0 Å². The van der Waals surface area contributed by atoms with Gasteiger partial charge in [0.05, 0.1) is 5.69 Å². The minimum Gasteiger partial charge on any atom is -0.436 e. The average Bonchev–Trinajstić information content (AvgIpc) is 3.20. The summed E-state index contributed by atoms with van der Waals surface area (Å²) in [5.41, 5.74) is 1.96. The molecule has 0 spiro atoms. The van der Waals surface area contributed by atoms with Crippen LogP contribution < -0.4 is 5.32 Å². The van der Waals surface area contributed by atoms with Crippen molar-refractivity contribution in [2.45, 2.75) is 49.8 Å². The van der Waals surface area contributed by atoms with E-state index in [-0.39, 0.29) is 0 Å². The molecule has 0 aromatic carbocycles. The Labute approximate surface area is 122 Å². The third kappa shape index (κ3) is 2.52. The van der Waals surface area contributed by atoms with Crippen molar-refractivity contribution in [2.75, 3.05) is 12.4 Å². The Morgan fingerprint density at radius 3 is 2.45 bits per heavy atom. The molecule has 20 heavy (non-hydrogen) atoms. The second kappa shape index (κ2) is 5.09. The Kier molecular flexibility index (Phi) is 3.41. The van der Waals surface area contributed by atoms with Crippen LogP contribution in [0.15, 0.2) is 14.7 Å². The van der Waals surface area contributed by atoms with Crippen molar-refractivity contribution in [2.24, 2.45) is 0 Å². The maximum absolute atomic E-state index is 5.63. The lowest BCUT2D eigenvalue weighted by molar-refractivity contribution is 0.431. The highest BCUT2D eigenvalue weighted by molar-refractivity contribution is 7.99. The molecule has 1 N–H and O–H groups in total. The van der Waals surface area contributed by atoms with Crippen molar-refractivity contribution in [3.05, 3.63) is 22.8 Å². The molecule has 1 fully saturated rings. The summed E-state index contributed by atoms with van der Waals surface area (Å²) in [5, 5.41) is 4.71. The van der Waals surface area contributed by atoms with Crippen LogP contribution in [0.5, 0.6) is 0 Å². The molecule has 1 aliphatic rings. The summed E-state index contributed by atoms with van der Waals surface area (Å²) in [6, 6.07) is 0. The lowest BCUT2D eigenvalue weighted by Crippen LogP contribution is -2.04. The van der Waals surface area contributed by atoms with E-state index >= 15 is 0 Å². The smallest absolute Gasteiger partial charge is 0.262 e. The van der Waals surface area contributed by atoms with E-state index in [1.807, 2.05) is 27.8 Å². The van der Waals surface area contributed by atoms with Crippen molar-refractivity contribution < 1.29 is 4.42 Å². The maximum atomic E-state index is 5.63. The van der Waals surface area contributed by atoms with Crippen molar-refractivity contribution in [3.8, 4) is 0 Å². The number of hydrogen-bond donors (Lipinski definition) is 1. The van der Waals surface area contributed by atoms with E-state index in [9.17, 15) is 0 Å². The molecule has 0 aliphatic heterocycles. The van der Waals surface area contributed by atoms with Gasteiger partial charge >= 0.3 is 0 Å². The fourth-order valence-electron chi connectivity index (χ4n) is 1.95. The Morgan fingerprint density at radius 2 is 1.90 bits per heavy atom. The number of aryl methyl sites for hydroxylation is 2. The van der Waals surface area contributed by atoms with Crippen LogP contribution in [-0.4, -0.2) is 22.0 Å². The van der Waals surface area contributed by atoms with Crippen LogP contribution in [0.3, 0.4) is 0 Å². The highest BCUT2D eigenvalue weighted by Gasteiger charge is 2.28. The number of aromatic nitrogens is 3. The van der Waals surface area contributed by atoms with Gasteiger partial charge in [0.25, 0.3) is 5.22 Å². The van der Waals surface area contributed by atoms with Gasteiger partial charge in [-0.2, -0.15) is 0 Å². The lowest BCUT2D eigenvalue weighted by atomic mass is 10.3. The number of hydrogen-bond acceptors (Lipinski definition) is 6. The molecular formula is C14H18N4OS. The van der Waals surface area contributed by atoms with E-state index in [1.165, 1.54) is 24.6 Å². The summed E-state index contributed by atoms with van der Waals surface area (Å²) in [5.74, 6) is 3.21. The molecule has 1 aliphatic carbocycles.